The maximum atomic E-state index is 11.7. The molecule has 0 spiro atoms. The van der Waals surface area contributed by atoms with Gasteiger partial charge in [0, 0.05) is 26.5 Å². The fourth-order valence-electron chi connectivity index (χ4n) is 1.94. The molecular formula is C9H15N3O3S2. The maximum absolute atomic E-state index is 11.7. The molecule has 1 aromatic heterocycles. The Morgan fingerprint density at radius 2 is 2.29 bits per heavy atom. The van der Waals surface area contributed by atoms with Crippen molar-refractivity contribution in [2.75, 3.05) is 37.1 Å². The number of nitrogens with two attached hydrogens (primary N) is 1. The molecule has 2 heterocycles. The molecule has 17 heavy (non-hydrogen) atoms. The van der Waals surface area contributed by atoms with Crippen LogP contribution in [0.5, 0.6) is 0 Å². The van der Waals surface area contributed by atoms with E-state index >= 15 is 0 Å². The van der Waals surface area contributed by atoms with Crippen LogP contribution in [0.3, 0.4) is 0 Å². The van der Waals surface area contributed by atoms with Crippen molar-refractivity contribution in [3.8, 4) is 0 Å². The number of nitrogen functional groups attached to an aromatic ring is 1. The highest BCUT2D eigenvalue weighted by Gasteiger charge is 2.30. The van der Waals surface area contributed by atoms with Crippen LogP contribution in [0.25, 0.3) is 0 Å². The number of rotatable bonds is 3. The van der Waals surface area contributed by atoms with E-state index in [1.54, 1.807) is 7.11 Å². The van der Waals surface area contributed by atoms with E-state index in [0.717, 1.165) is 30.8 Å². The van der Waals surface area contributed by atoms with Crippen LogP contribution in [0.15, 0.2) is 4.90 Å². The van der Waals surface area contributed by atoms with Crippen molar-refractivity contribution in [1.82, 2.24) is 4.37 Å². The molecule has 1 unspecified atom stereocenters. The Balaban J connectivity index is 2.35. The van der Waals surface area contributed by atoms with Crippen LogP contribution >= 0.6 is 11.5 Å². The van der Waals surface area contributed by atoms with Gasteiger partial charge in [0.25, 0.3) is 0 Å². The third-order valence-corrected chi connectivity index (χ3v) is 4.99. The number of ether oxygens (including phenoxy) is 1. The quantitative estimate of drug-likeness (QED) is 0.858. The maximum Gasteiger partial charge on any atom is 0.182 e. The van der Waals surface area contributed by atoms with Crippen molar-refractivity contribution in [3.05, 3.63) is 0 Å². The zero-order chi connectivity index (χ0) is 12.6. The average Bonchev–Trinajstić information content (AvgIpc) is 2.81. The van der Waals surface area contributed by atoms with Crippen molar-refractivity contribution in [3.63, 3.8) is 0 Å². The number of methoxy groups -OCH3 is 1. The summed E-state index contributed by atoms with van der Waals surface area (Å²) in [5, 5.41) is 0.629. The van der Waals surface area contributed by atoms with E-state index in [1.807, 2.05) is 4.90 Å². The largest absolute Gasteiger partial charge is 0.382 e. The fraction of sp³-hybridized carbons (Fsp3) is 0.667. The molecule has 96 valence electrons. The van der Waals surface area contributed by atoms with Gasteiger partial charge in [-0.1, -0.05) is 0 Å². The summed E-state index contributed by atoms with van der Waals surface area (Å²) in [5.41, 5.74) is 5.62. The number of aromatic nitrogens is 1. The molecule has 1 saturated heterocycles. The Morgan fingerprint density at radius 1 is 1.59 bits per heavy atom. The number of nitrogens with zero attached hydrogens (tertiary/aromatic N) is 2. The number of sulfone groups is 1. The molecule has 1 aliphatic heterocycles. The smallest absolute Gasteiger partial charge is 0.182 e. The van der Waals surface area contributed by atoms with Gasteiger partial charge in [-0.15, -0.1) is 0 Å². The van der Waals surface area contributed by atoms with Crippen molar-refractivity contribution < 1.29 is 13.2 Å². The molecule has 0 amide bonds. The predicted octanol–water partition coefficient (Wildman–Crippen LogP) is 0.354. The summed E-state index contributed by atoms with van der Waals surface area (Å²) in [6.07, 6.45) is 2.18. The van der Waals surface area contributed by atoms with Gasteiger partial charge in [-0.25, -0.2) is 8.42 Å². The van der Waals surface area contributed by atoms with E-state index < -0.39 is 9.84 Å². The standard InChI is InChI=1S/C9H15N3O3S2/c1-15-6-3-4-12(5-6)9-7(17(2,13)14)8(10)11-16-9/h6H,3-5H2,1-2H3,(H2,10,11). The molecular weight excluding hydrogens is 262 g/mol. The minimum Gasteiger partial charge on any atom is -0.382 e. The SMILES string of the molecule is COC1CCN(c2snc(N)c2S(C)(=O)=O)C1. The van der Waals surface area contributed by atoms with Crippen LogP contribution in [0.2, 0.25) is 0 Å². The number of anilines is 2. The van der Waals surface area contributed by atoms with E-state index in [0.29, 0.717) is 11.5 Å². The van der Waals surface area contributed by atoms with Gasteiger partial charge < -0.3 is 15.4 Å². The van der Waals surface area contributed by atoms with Gasteiger partial charge in [0.15, 0.2) is 15.7 Å². The van der Waals surface area contributed by atoms with Gasteiger partial charge in [-0.3, -0.25) is 0 Å². The summed E-state index contributed by atoms with van der Waals surface area (Å²) >= 11 is 1.13. The normalized spacial score (nSPS) is 21.1. The topological polar surface area (TPSA) is 85.5 Å². The number of hydrogen-bond acceptors (Lipinski definition) is 7. The predicted molar refractivity (Wildman–Crippen MR) is 67.3 cm³/mol. The van der Waals surface area contributed by atoms with E-state index in [-0.39, 0.29) is 16.8 Å². The van der Waals surface area contributed by atoms with Crippen LogP contribution in [0.4, 0.5) is 10.8 Å². The molecule has 0 saturated carbocycles. The van der Waals surface area contributed by atoms with Gasteiger partial charge in [0.2, 0.25) is 0 Å². The van der Waals surface area contributed by atoms with Crippen LogP contribution in [-0.2, 0) is 14.6 Å². The Bertz CT molecular complexity index is 512. The molecule has 8 heteroatoms. The molecule has 0 bridgehead atoms. The lowest BCUT2D eigenvalue weighted by atomic mass is 10.3. The van der Waals surface area contributed by atoms with Gasteiger partial charge in [-0.2, -0.15) is 4.37 Å². The Hall–Kier alpha value is -0.860. The minimum atomic E-state index is -3.34. The van der Waals surface area contributed by atoms with E-state index in [2.05, 4.69) is 4.37 Å². The summed E-state index contributed by atoms with van der Waals surface area (Å²) in [7, 11) is -1.68. The lowest BCUT2D eigenvalue weighted by Gasteiger charge is -2.16. The summed E-state index contributed by atoms with van der Waals surface area (Å²) in [6, 6.07) is 0. The molecule has 1 fully saturated rings. The van der Waals surface area contributed by atoms with Crippen LogP contribution in [0, 0.1) is 0 Å². The van der Waals surface area contributed by atoms with Gasteiger partial charge in [0.05, 0.1) is 6.10 Å². The lowest BCUT2D eigenvalue weighted by molar-refractivity contribution is 0.121. The zero-order valence-electron chi connectivity index (χ0n) is 9.71. The Labute approximate surface area is 104 Å². The van der Waals surface area contributed by atoms with Crippen molar-refractivity contribution >= 4 is 32.2 Å². The van der Waals surface area contributed by atoms with Crippen LogP contribution in [0.1, 0.15) is 6.42 Å². The first-order valence-corrected chi connectivity index (χ1v) is 7.83. The molecule has 1 atom stereocenters. The van der Waals surface area contributed by atoms with Crippen LogP contribution in [-0.4, -0.2) is 45.4 Å². The van der Waals surface area contributed by atoms with Crippen molar-refractivity contribution in [2.24, 2.45) is 0 Å². The van der Waals surface area contributed by atoms with Gasteiger partial charge >= 0.3 is 0 Å². The van der Waals surface area contributed by atoms with Crippen molar-refractivity contribution in [1.29, 1.82) is 0 Å². The van der Waals surface area contributed by atoms with Crippen molar-refractivity contribution in [2.45, 2.75) is 17.4 Å². The van der Waals surface area contributed by atoms with Gasteiger partial charge in [-0.05, 0) is 18.0 Å². The fourth-order valence-corrected chi connectivity index (χ4v) is 4.18. The molecule has 0 aromatic carbocycles. The van der Waals surface area contributed by atoms with Gasteiger partial charge in [0.1, 0.15) is 9.90 Å². The summed E-state index contributed by atoms with van der Waals surface area (Å²) in [6.45, 7) is 1.45. The zero-order valence-corrected chi connectivity index (χ0v) is 11.3. The second kappa shape index (κ2) is 4.43. The molecule has 0 radical (unpaired) electrons. The molecule has 0 aliphatic carbocycles. The minimum absolute atomic E-state index is 0.0911. The first-order valence-electron chi connectivity index (χ1n) is 5.16. The highest BCUT2D eigenvalue weighted by Crippen LogP contribution is 2.36. The molecule has 6 nitrogen and oxygen atoms in total. The lowest BCUT2D eigenvalue weighted by Crippen LogP contribution is -2.22. The first-order chi connectivity index (χ1) is 7.93. The third kappa shape index (κ3) is 2.38. The molecule has 2 rings (SSSR count). The Kier molecular flexibility index (Phi) is 3.28. The summed E-state index contributed by atoms with van der Waals surface area (Å²) in [4.78, 5) is 2.12. The Morgan fingerprint density at radius 3 is 2.82 bits per heavy atom. The molecule has 1 aliphatic rings. The molecule has 1 aromatic rings. The second-order valence-corrected chi connectivity index (χ2v) is 6.77. The summed E-state index contributed by atoms with van der Waals surface area (Å²) < 4.78 is 32.5. The van der Waals surface area contributed by atoms with E-state index in [4.69, 9.17) is 10.5 Å². The summed E-state index contributed by atoms with van der Waals surface area (Å²) in [5.74, 6) is 0.0911. The van der Waals surface area contributed by atoms with E-state index in [9.17, 15) is 8.42 Å². The monoisotopic (exact) mass is 277 g/mol. The third-order valence-electron chi connectivity index (χ3n) is 2.79. The second-order valence-electron chi connectivity index (χ2n) is 4.07. The highest BCUT2D eigenvalue weighted by molar-refractivity contribution is 7.91. The molecule has 2 N–H and O–H groups in total. The first kappa shape index (κ1) is 12.6. The van der Waals surface area contributed by atoms with E-state index in [1.165, 1.54) is 0 Å². The van der Waals surface area contributed by atoms with Crippen LogP contribution < -0.4 is 10.6 Å². The highest BCUT2D eigenvalue weighted by atomic mass is 32.2. The average molecular weight is 277 g/mol. The number of hydrogen-bond donors (Lipinski definition) is 1.